The van der Waals surface area contributed by atoms with Gasteiger partial charge in [0.15, 0.2) is 6.10 Å². The van der Waals surface area contributed by atoms with Crippen LogP contribution in [0.25, 0.3) is 11.1 Å². The number of aliphatic hydroxyl groups is 1. The van der Waals surface area contributed by atoms with Crippen LogP contribution in [0.15, 0.2) is 42.5 Å². The molecule has 0 aliphatic heterocycles. The summed E-state index contributed by atoms with van der Waals surface area (Å²) >= 11 is 0. The van der Waals surface area contributed by atoms with Crippen LogP contribution in [-0.4, -0.2) is 23.3 Å². The van der Waals surface area contributed by atoms with E-state index in [1.54, 1.807) is 6.07 Å². The Balaban J connectivity index is 2.17. The Hall–Kier alpha value is -2.54. The van der Waals surface area contributed by atoms with Crippen molar-refractivity contribution in [2.75, 3.05) is 0 Å². The molecule has 0 radical (unpaired) electrons. The first-order valence-corrected chi connectivity index (χ1v) is 7.15. The van der Waals surface area contributed by atoms with Gasteiger partial charge in [0.25, 0.3) is 5.91 Å². The average molecular weight is 337 g/mol. The quantitative estimate of drug-likeness (QED) is 0.904. The summed E-state index contributed by atoms with van der Waals surface area (Å²) in [5.41, 5.74) is 1.98. The fraction of sp³-hybridized carbons (Fsp3) is 0.235. The van der Waals surface area contributed by atoms with Crippen LogP contribution in [-0.2, 0) is 10.4 Å². The molecule has 7 heteroatoms. The molecule has 2 aromatic carbocycles. The standard InChI is InChI=1S/C17H14F3NO3/c1-9(15(21)22)24-10-6-7-12-11-4-2-3-5-13(11)16(23,14(12)8-10)17(18,19)20/h2-9,23H,1H3,(H2,21,22). The predicted octanol–water partition coefficient (Wildman–Crippen LogP) is 2.72. The minimum Gasteiger partial charge on any atom is -0.481 e. The zero-order valence-electron chi connectivity index (χ0n) is 12.6. The molecule has 0 fully saturated rings. The number of amides is 1. The SMILES string of the molecule is CC(Oc1ccc2c(c1)C(O)(C(F)(F)F)c1ccccc1-2)C(N)=O. The van der Waals surface area contributed by atoms with Crippen molar-refractivity contribution in [2.24, 2.45) is 5.73 Å². The fourth-order valence-corrected chi connectivity index (χ4v) is 2.88. The first-order chi connectivity index (χ1) is 11.2. The summed E-state index contributed by atoms with van der Waals surface area (Å²) in [5, 5.41) is 10.5. The smallest absolute Gasteiger partial charge is 0.425 e. The Bertz CT molecular complexity index is 819. The van der Waals surface area contributed by atoms with Gasteiger partial charge in [0.2, 0.25) is 5.60 Å². The van der Waals surface area contributed by atoms with Crippen LogP contribution < -0.4 is 10.5 Å². The van der Waals surface area contributed by atoms with E-state index in [-0.39, 0.29) is 22.4 Å². The van der Waals surface area contributed by atoms with E-state index >= 15 is 0 Å². The van der Waals surface area contributed by atoms with Crippen molar-refractivity contribution >= 4 is 5.91 Å². The third-order valence-electron chi connectivity index (χ3n) is 4.11. The lowest BCUT2D eigenvalue weighted by molar-refractivity contribution is -0.246. The molecule has 0 saturated carbocycles. The molecular weight excluding hydrogens is 323 g/mol. The second-order valence-electron chi connectivity index (χ2n) is 5.62. The first-order valence-electron chi connectivity index (χ1n) is 7.15. The van der Waals surface area contributed by atoms with Gasteiger partial charge in [-0.05, 0) is 30.2 Å². The van der Waals surface area contributed by atoms with E-state index in [1.807, 2.05) is 0 Å². The molecule has 1 aliphatic carbocycles. The monoisotopic (exact) mass is 337 g/mol. The van der Waals surface area contributed by atoms with Crippen LogP contribution >= 0.6 is 0 Å². The summed E-state index contributed by atoms with van der Waals surface area (Å²) in [7, 11) is 0. The van der Waals surface area contributed by atoms with Gasteiger partial charge in [0.05, 0.1) is 0 Å². The Morgan fingerprint density at radius 3 is 2.42 bits per heavy atom. The van der Waals surface area contributed by atoms with Gasteiger partial charge in [-0.2, -0.15) is 13.2 Å². The maximum atomic E-state index is 13.7. The first kappa shape index (κ1) is 16.3. The molecule has 0 saturated heterocycles. The number of hydrogen-bond acceptors (Lipinski definition) is 3. The second-order valence-corrected chi connectivity index (χ2v) is 5.62. The van der Waals surface area contributed by atoms with Gasteiger partial charge < -0.3 is 15.6 Å². The van der Waals surface area contributed by atoms with E-state index in [0.717, 1.165) is 6.07 Å². The van der Waals surface area contributed by atoms with E-state index in [2.05, 4.69) is 0 Å². The molecule has 126 valence electrons. The van der Waals surface area contributed by atoms with Gasteiger partial charge in [0, 0.05) is 11.1 Å². The highest BCUT2D eigenvalue weighted by Crippen LogP contribution is 2.55. The molecule has 0 bridgehead atoms. The molecule has 0 heterocycles. The van der Waals surface area contributed by atoms with Crippen molar-refractivity contribution in [3.63, 3.8) is 0 Å². The van der Waals surface area contributed by atoms with E-state index in [1.165, 1.54) is 37.3 Å². The molecular formula is C17H14F3NO3. The molecule has 1 amide bonds. The van der Waals surface area contributed by atoms with E-state index in [4.69, 9.17) is 10.5 Å². The Morgan fingerprint density at radius 1 is 1.17 bits per heavy atom. The van der Waals surface area contributed by atoms with Crippen molar-refractivity contribution < 1.29 is 27.8 Å². The molecule has 4 nitrogen and oxygen atoms in total. The Morgan fingerprint density at radius 2 is 1.79 bits per heavy atom. The van der Waals surface area contributed by atoms with Gasteiger partial charge in [-0.1, -0.05) is 30.3 Å². The maximum absolute atomic E-state index is 13.7. The van der Waals surface area contributed by atoms with E-state index in [9.17, 15) is 23.1 Å². The number of nitrogens with two attached hydrogens (primary N) is 1. The number of halogens is 3. The predicted molar refractivity (Wildman–Crippen MR) is 80.2 cm³/mol. The summed E-state index contributed by atoms with van der Waals surface area (Å²) in [6.07, 6.45) is -5.92. The van der Waals surface area contributed by atoms with Gasteiger partial charge in [-0.3, -0.25) is 4.79 Å². The number of rotatable bonds is 3. The lowest BCUT2D eigenvalue weighted by Gasteiger charge is -2.28. The topological polar surface area (TPSA) is 72.6 Å². The number of fused-ring (bicyclic) bond motifs is 3. The van der Waals surface area contributed by atoms with Crippen molar-refractivity contribution in [3.05, 3.63) is 53.6 Å². The van der Waals surface area contributed by atoms with Crippen LogP contribution in [0.3, 0.4) is 0 Å². The number of ether oxygens (including phenoxy) is 1. The van der Waals surface area contributed by atoms with Crippen LogP contribution in [0.2, 0.25) is 0 Å². The van der Waals surface area contributed by atoms with Gasteiger partial charge in [-0.25, -0.2) is 0 Å². The minimum atomic E-state index is -4.91. The molecule has 3 rings (SSSR count). The molecule has 2 atom stereocenters. The zero-order valence-corrected chi connectivity index (χ0v) is 12.6. The number of carbonyl (C=O) groups is 1. The Labute approximate surface area is 135 Å². The van der Waals surface area contributed by atoms with Crippen molar-refractivity contribution in [1.29, 1.82) is 0 Å². The lowest BCUT2D eigenvalue weighted by atomic mass is 9.90. The molecule has 24 heavy (non-hydrogen) atoms. The van der Waals surface area contributed by atoms with Gasteiger partial charge in [-0.15, -0.1) is 0 Å². The summed E-state index contributed by atoms with van der Waals surface area (Å²) in [6, 6.07) is 9.78. The van der Waals surface area contributed by atoms with Crippen LogP contribution in [0.5, 0.6) is 5.75 Å². The largest absolute Gasteiger partial charge is 0.481 e. The zero-order chi connectivity index (χ0) is 17.7. The molecule has 3 N–H and O–H groups in total. The molecule has 0 aromatic heterocycles. The minimum absolute atomic E-state index is 0.0236. The van der Waals surface area contributed by atoms with E-state index in [0.29, 0.717) is 5.56 Å². The number of alkyl halides is 3. The second kappa shape index (κ2) is 5.24. The number of benzene rings is 2. The average Bonchev–Trinajstić information content (AvgIpc) is 2.78. The highest BCUT2D eigenvalue weighted by Gasteiger charge is 2.60. The highest BCUT2D eigenvalue weighted by atomic mass is 19.4. The number of primary amides is 1. The van der Waals surface area contributed by atoms with Gasteiger partial charge in [0.1, 0.15) is 5.75 Å². The molecule has 1 aliphatic rings. The van der Waals surface area contributed by atoms with Crippen molar-refractivity contribution in [2.45, 2.75) is 24.8 Å². The highest BCUT2D eigenvalue weighted by molar-refractivity contribution is 5.82. The van der Waals surface area contributed by atoms with Crippen LogP contribution in [0.4, 0.5) is 13.2 Å². The third-order valence-corrected chi connectivity index (χ3v) is 4.11. The molecule has 0 spiro atoms. The summed E-state index contributed by atoms with van der Waals surface area (Å²) in [5.74, 6) is -0.722. The lowest BCUT2D eigenvalue weighted by Crippen LogP contribution is -2.41. The van der Waals surface area contributed by atoms with Gasteiger partial charge >= 0.3 is 6.18 Å². The summed E-state index contributed by atoms with van der Waals surface area (Å²) in [4.78, 5) is 11.1. The van der Waals surface area contributed by atoms with Crippen LogP contribution in [0, 0.1) is 0 Å². The number of carbonyl (C=O) groups excluding carboxylic acids is 1. The van der Waals surface area contributed by atoms with E-state index < -0.39 is 23.8 Å². The summed E-state index contributed by atoms with van der Waals surface area (Å²) < 4.78 is 46.2. The van der Waals surface area contributed by atoms with Crippen molar-refractivity contribution in [3.8, 4) is 16.9 Å². The normalized spacial score (nSPS) is 20.2. The third kappa shape index (κ3) is 2.24. The van der Waals surface area contributed by atoms with Crippen LogP contribution in [0.1, 0.15) is 18.1 Å². The fourth-order valence-electron chi connectivity index (χ4n) is 2.88. The Kier molecular flexibility index (Phi) is 3.56. The number of hydrogen-bond donors (Lipinski definition) is 2. The molecule has 2 aromatic rings. The summed E-state index contributed by atoms with van der Waals surface area (Å²) in [6.45, 7) is 1.39. The maximum Gasteiger partial charge on any atom is 0.425 e. The molecule has 2 unspecified atom stereocenters. The van der Waals surface area contributed by atoms with Crippen molar-refractivity contribution in [1.82, 2.24) is 0 Å².